The number of benzene rings is 2. The van der Waals surface area contributed by atoms with Crippen LogP contribution in [0.25, 0.3) is 11.1 Å². The molecule has 0 amide bonds. The Morgan fingerprint density at radius 1 is 1.09 bits per heavy atom. The van der Waals surface area contributed by atoms with Gasteiger partial charge in [-0.25, -0.2) is 19.6 Å². The maximum atomic E-state index is 9.47. The molecule has 0 saturated carbocycles. The van der Waals surface area contributed by atoms with Crippen LogP contribution in [0.3, 0.4) is 0 Å². The van der Waals surface area contributed by atoms with Gasteiger partial charge in [-0.3, -0.25) is 0 Å². The van der Waals surface area contributed by atoms with Crippen molar-refractivity contribution < 1.29 is 9.47 Å². The summed E-state index contributed by atoms with van der Waals surface area (Å²) >= 11 is 0. The van der Waals surface area contributed by atoms with Crippen LogP contribution in [0.2, 0.25) is 0 Å². The van der Waals surface area contributed by atoms with Crippen molar-refractivity contribution in [3.05, 3.63) is 73.1 Å². The van der Waals surface area contributed by atoms with Crippen LogP contribution in [0.5, 0.6) is 11.5 Å². The van der Waals surface area contributed by atoms with Crippen LogP contribution in [0.4, 0.5) is 11.6 Å². The van der Waals surface area contributed by atoms with Crippen molar-refractivity contribution in [1.29, 1.82) is 5.26 Å². The molecule has 0 bridgehead atoms. The number of aromatic nitrogens is 5. The third kappa shape index (κ3) is 4.82. The predicted octanol–water partition coefficient (Wildman–Crippen LogP) is 3.83. The number of ether oxygens (including phenoxy) is 2. The van der Waals surface area contributed by atoms with Crippen molar-refractivity contribution in [3.63, 3.8) is 0 Å². The minimum Gasteiger partial charge on any atom is -0.495 e. The van der Waals surface area contributed by atoms with Gasteiger partial charge < -0.3 is 14.8 Å². The van der Waals surface area contributed by atoms with Crippen molar-refractivity contribution >= 4 is 11.6 Å². The van der Waals surface area contributed by atoms with Crippen molar-refractivity contribution in [2.45, 2.75) is 19.6 Å². The number of para-hydroxylation sites is 2. The van der Waals surface area contributed by atoms with Gasteiger partial charge >= 0.3 is 0 Å². The summed E-state index contributed by atoms with van der Waals surface area (Å²) in [5, 5.41) is 16.7. The fourth-order valence-corrected chi connectivity index (χ4v) is 3.15. The number of nitrogens with one attached hydrogen (secondary N) is 1. The molecular weight excluding hydrogens is 406 g/mol. The summed E-state index contributed by atoms with van der Waals surface area (Å²) in [6, 6.07) is 15.1. The molecule has 160 valence electrons. The van der Waals surface area contributed by atoms with Gasteiger partial charge in [-0.05, 0) is 36.8 Å². The molecule has 0 spiro atoms. The van der Waals surface area contributed by atoms with E-state index in [0.717, 1.165) is 16.8 Å². The molecule has 0 radical (unpaired) electrons. The second-order valence-electron chi connectivity index (χ2n) is 6.99. The average molecular weight is 427 g/mol. The molecule has 0 saturated heterocycles. The van der Waals surface area contributed by atoms with Gasteiger partial charge in [-0.2, -0.15) is 10.4 Å². The smallest absolute Gasteiger partial charge is 0.227 e. The van der Waals surface area contributed by atoms with E-state index < -0.39 is 0 Å². The summed E-state index contributed by atoms with van der Waals surface area (Å²) in [5.41, 5.74) is 2.87. The quantitative estimate of drug-likeness (QED) is 0.452. The number of methoxy groups -OCH3 is 1. The molecular formula is C23H21N7O2. The predicted molar refractivity (Wildman–Crippen MR) is 119 cm³/mol. The number of hydrogen-bond donors (Lipinski definition) is 1. The first-order valence-electron chi connectivity index (χ1n) is 9.92. The highest BCUT2D eigenvalue weighted by Gasteiger charge is 2.12. The van der Waals surface area contributed by atoms with Gasteiger partial charge in [0.1, 0.15) is 36.3 Å². The Kier molecular flexibility index (Phi) is 6.22. The van der Waals surface area contributed by atoms with E-state index in [1.165, 1.54) is 6.33 Å². The molecule has 9 nitrogen and oxygen atoms in total. The molecule has 2 aromatic heterocycles. The van der Waals surface area contributed by atoms with Gasteiger partial charge in [0, 0.05) is 18.0 Å². The topological polar surface area (TPSA) is 111 Å². The minimum atomic E-state index is -0.206. The third-order valence-corrected chi connectivity index (χ3v) is 4.68. The molecule has 0 aliphatic rings. The maximum absolute atomic E-state index is 9.47. The van der Waals surface area contributed by atoms with Crippen LogP contribution in [0.15, 0.2) is 67.5 Å². The average Bonchev–Trinajstić information content (AvgIpc) is 3.33. The maximum Gasteiger partial charge on any atom is 0.227 e. The highest BCUT2D eigenvalue weighted by atomic mass is 16.5. The van der Waals surface area contributed by atoms with E-state index >= 15 is 0 Å². The van der Waals surface area contributed by atoms with Crippen LogP contribution >= 0.6 is 0 Å². The Hall–Kier alpha value is -4.45. The Balaban J connectivity index is 1.52. The molecule has 0 aliphatic heterocycles. The van der Waals surface area contributed by atoms with E-state index in [4.69, 9.17) is 9.47 Å². The summed E-state index contributed by atoms with van der Waals surface area (Å²) in [6.07, 6.45) is 6.33. The first-order valence-corrected chi connectivity index (χ1v) is 9.92. The number of nitrogens with zero attached hydrogens (tertiary/aromatic N) is 6. The van der Waals surface area contributed by atoms with E-state index in [1.54, 1.807) is 36.6 Å². The Morgan fingerprint density at radius 3 is 2.62 bits per heavy atom. The number of anilines is 2. The van der Waals surface area contributed by atoms with Crippen LogP contribution in [-0.2, 0) is 6.54 Å². The summed E-state index contributed by atoms with van der Waals surface area (Å²) in [7, 11) is 1.61. The summed E-state index contributed by atoms with van der Waals surface area (Å²) in [4.78, 5) is 12.7. The summed E-state index contributed by atoms with van der Waals surface area (Å²) < 4.78 is 13.0. The molecule has 2 aromatic carbocycles. The van der Waals surface area contributed by atoms with Gasteiger partial charge in [0.05, 0.1) is 24.9 Å². The normalized spacial score (nSPS) is 11.4. The molecule has 0 unspecified atom stereocenters. The standard InChI is InChI=1S/C23H21N7O2/c1-16(13-30-15-25-14-28-30)32-22-9-17(7-8-18(22)10-24)19-11-26-23(27-12-19)29-20-5-3-4-6-21(20)31-2/h3-9,11-12,14-16H,13H2,1-2H3,(H,26,27,29)/t16-/m0/s1. The third-order valence-electron chi connectivity index (χ3n) is 4.68. The zero-order valence-electron chi connectivity index (χ0n) is 17.6. The molecule has 2 heterocycles. The lowest BCUT2D eigenvalue weighted by Gasteiger charge is -2.16. The molecule has 1 N–H and O–H groups in total. The SMILES string of the molecule is COc1ccccc1Nc1ncc(-c2ccc(C#N)c(O[C@@H](C)Cn3cncn3)c2)cn1. The molecule has 4 rings (SSSR count). The van der Waals surface area contributed by atoms with Gasteiger partial charge in [-0.1, -0.05) is 18.2 Å². The Labute approximate surface area is 185 Å². The Morgan fingerprint density at radius 2 is 1.91 bits per heavy atom. The largest absolute Gasteiger partial charge is 0.495 e. The second-order valence-corrected chi connectivity index (χ2v) is 6.99. The molecule has 0 fully saturated rings. The van der Waals surface area contributed by atoms with E-state index in [-0.39, 0.29) is 6.10 Å². The minimum absolute atomic E-state index is 0.206. The zero-order valence-corrected chi connectivity index (χ0v) is 17.6. The molecule has 9 heteroatoms. The van der Waals surface area contributed by atoms with Crippen molar-refractivity contribution in [2.75, 3.05) is 12.4 Å². The number of rotatable bonds is 8. The van der Waals surface area contributed by atoms with Gasteiger partial charge in [-0.15, -0.1) is 0 Å². The fraction of sp³-hybridized carbons (Fsp3) is 0.174. The van der Waals surface area contributed by atoms with Crippen molar-refractivity contribution in [3.8, 4) is 28.7 Å². The van der Waals surface area contributed by atoms with E-state index in [0.29, 0.717) is 29.6 Å². The van der Waals surface area contributed by atoms with Gasteiger partial charge in [0.15, 0.2) is 0 Å². The molecule has 0 aliphatic carbocycles. The van der Waals surface area contributed by atoms with Crippen LogP contribution in [-0.4, -0.2) is 37.9 Å². The van der Waals surface area contributed by atoms with Crippen LogP contribution in [0, 0.1) is 11.3 Å². The van der Waals surface area contributed by atoms with Crippen molar-refractivity contribution in [2.24, 2.45) is 0 Å². The zero-order chi connectivity index (χ0) is 22.3. The van der Waals surface area contributed by atoms with E-state index in [9.17, 15) is 5.26 Å². The molecule has 1 atom stereocenters. The van der Waals surface area contributed by atoms with Gasteiger partial charge in [0.25, 0.3) is 0 Å². The lowest BCUT2D eigenvalue weighted by Crippen LogP contribution is -2.20. The second kappa shape index (κ2) is 9.57. The highest BCUT2D eigenvalue weighted by molar-refractivity contribution is 5.67. The number of nitriles is 1. The fourth-order valence-electron chi connectivity index (χ4n) is 3.15. The lowest BCUT2D eigenvalue weighted by molar-refractivity contribution is 0.193. The van der Waals surface area contributed by atoms with Crippen LogP contribution in [0.1, 0.15) is 12.5 Å². The molecule has 4 aromatic rings. The van der Waals surface area contributed by atoms with Crippen LogP contribution < -0.4 is 14.8 Å². The monoisotopic (exact) mass is 427 g/mol. The van der Waals surface area contributed by atoms with E-state index in [2.05, 4.69) is 31.4 Å². The molecule has 32 heavy (non-hydrogen) atoms. The summed E-state index contributed by atoms with van der Waals surface area (Å²) in [6.45, 7) is 2.43. The van der Waals surface area contributed by atoms with Gasteiger partial charge in [0.2, 0.25) is 5.95 Å². The first-order chi connectivity index (χ1) is 15.7. The summed E-state index contributed by atoms with van der Waals surface area (Å²) in [5.74, 6) is 1.65. The van der Waals surface area contributed by atoms with Crippen molar-refractivity contribution in [1.82, 2.24) is 24.7 Å². The number of hydrogen-bond acceptors (Lipinski definition) is 8. The highest BCUT2D eigenvalue weighted by Crippen LogP contribution is 2.29. The first kappa shape index (κ1) is 20.8. The van der Waals surface area contributed by atoms with E-state index in [1.807, 2.05) is 43.3 Å². The lowest BCUT2D eigenvalue weighted by atomic mass is 10.1. The Bertz CT molecular complexity index is 1220.